The lowest BCUT2D eigenvalue weighted by atomic mass is 10.2. The van der Waals surface area contributed by atoms with E-state index in [9.17, 15) is 9.59 Å². The molecule has 0 aliphatic rings. The molecule has 0 saturated heterocycles. The number of primary amides is 1. The molecular weight excluding hydrogens is 250 g/mol. The summed E-state index contributed by atoms with van der Waals surface area (Å²) in [5.74, 6) is -0.383. The van der Waals surface area contributed by atoms with Crippen LogP contribution in [-0.2, 0) is 11.3 Å². The number of carbonyl (C=O) groups is 2. The van der Waals surface area contributed by atoms with Crippen molar-refractivity contribution in [3.8, 4) is 0 Å². The number of amides is 3. The molecule has 1 aromatic carbocycles. The molecule has 0 aliphatic heterocycles. The molecule has 98 valence electrons. The number of imide groups is 1. The number of rotatable bonds is 5. The van der Waals surface area contributed by atoms with E-state index >= 15 is 0 Å². The lowest BCUT2D eigenvalue weighted by molar-refractivity contribution is -0.119. The third kappa shape index (κ3) is 4.77. The van der Waals surface area contributed by atoms with Gasteiger partial charge in [0.2, 0.25) is 5.91 Å². The van der Waals surface area contributed by atoms with Gasteiger partial charge in [0, 0.05) is 11.4 Å². The Hall–Kier alpha value is -1.53. The monoisotopic (exact) mass is 267 g/mol. The molecule has 0 bridgehead atoms. The zero-order chi connectivity index (χ0) is 13.5. The molecule has 18 heavy (non-hydrogen) atoms. The Morgan fingerprint density at radius 1 is 1.44 bits per heavy atom. The maximum absolute atomic E-state index is 11.5. The van der Waals surface area contributed by atoms with E-state index in [-0.39, 0.29) is 11.2 Å². The van der Waals surface area contributed by atoms with Gasteiger partial charge in [-0.05, 0) is 31.7 Å². The summed E-state index contributed by atoms with van der Waals surface area (Å²) < 4.78 is 0. The quantitative estimate of drug-likeness (QED) is 0.697. The minimum absolute atomic E-state index is 0.373. The molecule has 0 fully saturated rings. The van der Waals surface area contributed by atoms with Crippen LogP contribution in [0.3, 0.4) is 0 Å². The SMILES string of the molecule is CNCc1cccc(SC(C)C(=O)NC(N)=O)c1. The molecular formula is C12H17N3O2S. The van der Waals surface area contributed by atoms with Crippen molar-refractivity contribution in [2.75, 3.05) is 7.05 Å². The molecule has 0 aliphatic carbocycles. The molecule has 1 rings (SSSR count). The van der Waals surface area contributed by atoms with Crippen LogP contribution in [0.25, 0.3) is 0 Å². The third-order valence-corrected chi connectivity index (χ3v) is 3.30. The second-order valence-corrected chi connectivity index (χ2v) is 5.21. The summed E-state index contributed by atoms with van der Waals surface area (Å²) in [6.07, 6.45) is 0. The Balaban J connectivity index is 2.63. The first-order valence-electron chi connectivity index (χ1n) is 5.53. The Morgan fingerprint density at radius 2 is 2.17 bits per heavy atom. The van der Waals surface area contributed by atoms with E-state index < -0.39 is 6.03 Å². The summed E-state index contributed by atoms with van der Waals surface area (Å²) in [5, 5.41) is 4.76. The summed E-state index contributed by atoms with van der Waals surface area (Å²) in [5.41, 5.74) is 6.04. The highest BCUT2D eigenvalue weighted by Gasteiger charge is 2.15. The second kappa shape index (κ2) is 7.03. The summed E-state index contributed by atoms with van der Waals surface area (Å²) >= 11 is 1.39. The Morgan fingerprint density at radius 3 is 2.78 bits per heavy atom. The van der Waals surface area contributed by atoms with E-state index in [1.165, 1.54) is 11.8 Å². The van der Waals surface area contributed by atoms with Crippen molar-refractivity contribution in [2.24, 2.45) is 5.73 Å². The number of thioether (sulfide) groups is 1. The molecule has 1 unspecified atom stereocenters. The molecule has 1 atom stereocenters. The van der Waals surface area contributed by atoms with Gasteiger partial charge in [0.25, 0.3) is 0 Å². The van der Waals surface area contributed by atoms with E-state index in [2.05, 4.69) is 10.6 Å². The van der Waals surface area contributed by atoms with E-state index in [0.29, 0.717) is 0 Å². The minimum atomic E-state index is -0.823. The van der Waals surface area contributed by atoms with Crippen molar-refractivity contribution in [3.05, 3.63) is 29.8 Å². The first-order valence-corrected chi connectivity index (χ1v) is 6.41. The highest BCUT2D eigenvalue weighted by Crippen LogP contribution is 2.24. The molecule has 0 spiro atoms. The minimum Gasteiger partial charge on any atom is -0.351 e. The molecule has 1 aromatic rings. The molecule has 3 amide bonds. The number of nitrogens with two attached hydrogens (primary N) is 1. The van der Waals surface area contributed by atoms with Crippen LogP contribution in [-0.4, -0.2) is 24.2 Å². The summed E-state index contributed by atoms with van der Waals surface area (Å²) in [6.45, 7) is 2.50. The summed E-state index contributed by atoms with van der Waals surface area (Å²) in [6, 6.07) is 7.06. The Kier molecular flexibility index (Phi) is 5.67. The zero-order valence-electron chi connectivity index (χ0n) is 10.4. The number of urea groups is 1. The predicted octanol–water partition coefficient (Wildman–Crippen LogP) is 1.08. The van der Waals surface area contributed by atoms with Gasteiger partial charge in [0.1, 0.15) is 0 Å². The van der Waals surface area contributed by atoms with Crippen LogP contribution in [0.1, 0.15) is 12.5 Å². The van der Waals surface area contributed by atoms with Crippen LogP contribution in [0.2, 0.25) is 0 Å². The number of hydrogen-bond donors (Lipinski definition) is 3. The molecule has 0 aromatic heterocycles. The molecule has 0 heterocycles. The molecule has 5 nitrogen and oxygen atoms in total. The average Bonchev–Trinajstić information content (AvgIpc) is 2.29. The Bertz CT molecular complexity index is 437. The predicted molar refractivity (Wildman–Crippen MR) is 72.3 cm³/mol. The first-order chi connectivity index (χ1) is 8.52. The molecule has 6 heteroatoms. The van der Waals surface area contributed by atoms with Gasteiger partial charge < -0.3 is 11.1 Å². The fourth-order valence-corrected chi connectivity index (χ4v) is 2.36. The molecule has 0 radical (unpaired) electrons. The van der Waals surface area contributed by atoms with Crippen molar-refractivity contribution in [2.45, 2.75) is 23.6 Å². The zero-order valence-corrected chi connectivity index (χ0v) is 11.2. The van der Waals surface area contributed by atoms with Crippen molar-refractivity contribution >= 4 is 23.7 Å². The smallest absolute Gasteiger partial charge is 0.318 e. The van der Waals surface area contributed by atoms with E-state index in [4.69, 9.17) is 5.73 Å². The van der Waals surface area contributed by atoms with E-state index in [0.717, 1.165) is 17.0 Å². The fraction of sp³-hybridized carbons (Fsp3) is 0.333. The van der Waals surface area contributed by atoms with Crippen molar-refractivity contribution in [1.82, 2.24) is 10.6 Å². The van der Waals surface area contributed by atoms with E-state index in [1.54, 1.807) is 6.92 Å². The average molecular weight is 267 g/mol. The topological polar surface area (TPSA) is 84.2 Å². The normalized spacial score (nSPS) is 11.9. The third-order valence-electron chi connectivity index (χ3n) is 2.21. The van der Waals surface area contributed by atoms with Crippen LogP contribution < -0.4 is 16.4 Å². The van der Waals surface area contributed by atoms with Gasteiger partial charge in [-0.15, -0.1) is 11.8 Å². The van der Waals surface area contributed by atoms with Crippen molar-refractivity contribution in [1.29, 1.82) is 0 Å². The van der Waals surface area contributed by atoms with E-state index in [1.807, 2.05) is 31.3 Å². The van der Waals surface area contributed by atoms with Gasteiger partial charge in [-0.1, -0.05) is 12.1 Å². The van der Waals surface area contributed by atoms with Crippen LogP contribution in [0.15, 0.2) is 29.2 Å². The highest BCUT2D eigenvalue weighted by atomic mass is 32.2. The van der Waals surface area contributed by atoms with Gasteiger partial charge >= 0.3 is 6.03 Å². The van der Waals surface area contributed by atoms with Crippen LogP contribution in [0.4, 0.5) is 4.79 Å². The largest absolute Gasteiger partial charge is 0.351 e. The fourth-order valence-electron chi connectivity index (χ4n) is 1.41. The van der Waals surface area contributed by atoms with Crippen molar-refractivity contribution in [3.63, 3.8) is 0 Å². The highest BCUT2D eigenvalue weighted by molar-refractivity contribution is 8.00. The number of benzene rings is 1. The number of carbonyl (C=O) groups excluding carboxylic acids is 2. The Labute approximate surface area is 111 Å². The van der Waals surface area contributed by atoms with Gasteiger partial charge in [-0.2, -0.15) is 0 Å². The maximum atomic E-state index is 11.5. The molecule has 0 saturated carbocycles. The molecule has 4 N–H and O–H groups in total. The first kappa shape index (κ1) is 14.5. The summed E-state index contributed by atoms with van der Waals surface area (Å²) in [7, 11) is 1.88. The number of nitrogens with one attached hydrogen (secondary N) is 2. The van der Waals surface area contributed by atoms with Crippen LogP contribution >= 0.6 is 11.8 Å². The second-order valence-electron chi connectivity index (χ2n) is 3.79. The van der Waals surface area contributed by atoms with Crippen molar-refractivity contribution < 1.29 is 9.59 Å². The van der Waals surface area contributed by atoms with Gasteiger partial charge in [-0.3, -0.25) is 10.1 Å². The van der Waals surface area contributed by atoms with Crippen LogP contribution in [0, 0.1) is 0 Å². The maximum Gasteiger partial charge on any atom is 0.318 e. The standard InChI is InChI=1S/C12H17N3O2S/c1-8(11(16)15-12(13)17)18-10-5-3-4-9(6-10)7-14-2/h3-6,8,14H,7H2,1-2H3,(H3,13,15,16,17). The van der Waals surface area contributed by atoms with Gasteiger partial charge in [0.05, 0.1) is 5.25 Å². The lowest BCUT2D eigenvalue weighted by Crippen LogP contribution is -2.39. The van der Waals surface area contributed by atoms with Gasteiger partial charge in [0.15, 0.2) is 0 Å². The van der Waals surface area contributed by atoms with Crippen LogP contribution in [0.5, 0.6) is 0 Å². The summed E-state index contributed by atoms with van der Waals surface area (Å²) in [4.78, 5) is 23.1. The number of hydrogen-bond acceptors (Lipinski definition) is 4. The lowest BCUT2D eigenvalue weighted by Gasteiger charge is -2.10. The van der Waals surface area contributed by atoms with Gasteiger partial charge in [-0.25, -0.2) is 4.79 Å².